The summed E-state index contributed by atoms with van der Waals surface area (Å²) in [7, 11) is -3.59. The first-order valence-electron chi connectivity index (χ1n) is 9.36. The number of hydrogen-bond donors (Lipinski definition) is 1. The average molecular weight is 378 g/mol. The zero-order valence-electron chi connectivity index (χ0n) is 15.3. The van der Waals surface area contributed by atoms with E-state index in [1.54, 1.807) is 13.8 Å². The minimum atomic E-state index is -3.59. The summed E-state index contributed by atoms with van der Waals surface area (Å²) in [5, 5.41) is 6.77. The first-order valence-corrected chi connectivity index (χ1v) is 10.8. The number of nitrogens with one attached hydrogen (secondary N) is 1. The van der Waals surface area contributed by atoms with Gasteiger partial charge in [0.25, 0.3) is 0 Å². The first-order chi connectivity index (χ1) is 12.4. The third-order valence-electron chi connectivity index (χ3n) is 6.02. The Morgan fingerprint density at radius 3 is 2.58 bits per heavy atom. The molecule has 2 aliphatic carbocycles. The van der Waals surface area contributed by atoms with Gasteiger partial charge in [-0.3, -0.25) is 9.89 Å². The Morgan fingerprint density at radius 2 is 1.96 bits per heavy atom. The molecule has 8 heteroatoms. The predicted octanol–water partition coefficient (Wildman–Crippen LogP) is 1.46. The maximum atomic E-state index is 13.0. The smallest absolute Gasteiger partial charge is 0.246 e. The summed E-state index contributed by atoms with van der Waals surface area (Å²) < 4.78 is 27.6. The third kappa shape index (κ3) is 2.89. The zero-order chi connectivity index (χ0) is 18.5. The number of amides is 1. The van der Waals surface area contributed by atoms with Crippen molar-refractivity contribution in [3.05, 3.63) is 23.5 Å². The molecule has 1 aliphatic heterocycles. The highest BCUT2D eigenvalue weighted by Crippen LogP contribution is 2.44. The number of carbonyl (C=O) groups excluding carboxylic acids is 1. The van der Waals surface area contributed by atoms with Crippen molar-refractivity contribution in [2.75, 3.05) is 26.2 Å². The van der Waals surface area contributed by atoms with Crippen LogP contribution in [0.25, 0.3) is 0 Å². The van der Waals surface area contributed by atoms with Crippen LogP contribution in [0.1, 0.15) is 30.7 Å². The highest BCUT2D eigenvalue weighted by Gasteiger charge is 2.42. The molecule has 2 heterocycles. The van der Waals surface area contributed by atoms with E-state index in [4.69, 9.17) is 0 Å². The topological polar surface area (TPSA) is 86.4 Å². The van der Waals surface area contributed by atoms with Crippen molar-refractivity contribution in [2.45, 2.75) is 38.0 Å². The number of sulfonamides is 1. The number of aromatic nitrogens is 2. The lowest BCUT2D eigenvalue weighted by Gasteiger charge is -2.27. The van der Waals surface area contributed by atoms with Gasteiger partial charge in [0.1, 0.15) is 4.90 Å². The second-order valence-corrected chi connectivity index (χ2v) is 9.61. The zero-order valence-corrected chi connectivity index (χ0v) is 16.1. The number of aryl methyl sites for hydroxylation is 2. The summed E-state index contributed by atoms with van der Waals surface area (Å²) >= 11 is 0. The Bertz CT molecular complexity index is 825. The number of aromatic amines is 1. The lowest BCUT2D eigenvalue weighted by molar-refractivity contribution is -0.136. The van der Waals surface area contributed by atoms with E-state index in [0.717, 1.165) is 12.8 Å². The van der Waals surface area contributed by atoms with Crippen LogP contribution in [0.3, 0.4) is 0 Å². The van der Waals surface area contributed by atoms with Gasteiger partial charge in [0, 0.05) is 32.1 Å². The van der Waals surface area contributed by atoms with Gasteiger partial charge in [-0.15, -0.1) is 0 Å². The summed E-state index contributed by atoms with van der Waals surface area (Å²) in [6, 6.07) is 0. The largest absolute Gasteiger partial charge is 0.341 e. The van der Waals surface area contributed by atoms with Crippen molar-refractivity contribution in [1.29, 1.82) is 0 Å². The molecule has 142 valence electrons. The Kier molecular flexibility index (Phi) is 4.43. The molecular formula is C18H26N4O3S. The van der Waals surface area contributed by atoms with E-state index < -0.39 is 10.0 Å². The average Bonchev–Trinajstić information content (AvgIpc) is 3.25. The number of nitrogens with zero attached hydrogens (tertiary/aromatic N) is 3. The van der Waals surface area contributed by atoms with Crippen LogP contribution in [0, 0.1) is 31.6 Å². The van der Waals surface area contributed by atoms with Gasteiger partial charge in [-0.25, -0.2) is 8.42 Å². The van der Waals surface area contributed by atoms with Gasteiger partial charge in [-0.2, -0.15) is 9.40 Å². The minimum absolute atomic E-state index is 0.0894. The number of allylic oxidation sites excluding steroid dienone is 2. The first kappa shape index (κ1) is 17.7. The molecule has 0 radical (unpaired) electrons. The molecule has 2 bridgehead atoms. The molecule has 1 aromatic rings. The van der Waals surface area contributed by atoms with Crippen molar-refractivity contribution in [3.63, 3.8) is 0 Å². The number of fused-ring (bicyclic) bond motifs is 2. The molecular weight excluding hydrogens is 352 g/mol. The van der Waals surface area contributed by atoms with Crippen LogP contribution in [0.5, 0.6) is 0 Å². The fourth-order valence-corrected chi connectivity index (χ4v) is 6.50. The van der Waals surface area contributed by atoms with Gasteiger partial charge >= 0.3 is 0 Å². The van der Waals surface area contributed by atoms with Crippen LogP contribution in [-0.4, -0.2) is 59.9 Å². The summed E-state index contributed by atoms with van der Waals surface area (Å²) in [6.07, 6.45) is 7.14. The molecule has 3 unspecified atom stereocenters. The molecule has 1 aromatic heterocycles. The molecule has 0 spiro atoms. The highest BCUT2D eigenvalue weighted by molar-refractivity contribution is 7.89. The molecule has 4 rings (SSSR count). The van der Waals surface area contributed by atoms with Crippen LogP contribution >= 0.6 is 0 Å². The SMILES string of the molecule is Cc1n[nH]c(C)c1S(=O)(=O)N1CCCN(C(=O)C2CC3C=CC2C3)CC1. The van der Waals surface area contributed by atoms with E-state index in [0.29, 0.717) is 55.8 Å². The second kappa shape index (κ2) is 6.49. The molecule has 3 atom stereocenters. The van der Waals surface area contributed by atoms with Crippen molar-refractivity contribution in [2.24, 2.45) is 17.8 Å². The Hall–Kier alpha value is -1.67. The highest BCUT2D eigenvalue weighted by atomic mass is 32.2. The second-order valence-electron chi connectivity index (χ2n) is 7.73. The Morgan fingerprint density at radius 1 is 1.15 bits per heavy atom. The van der Waals surface area contributed by atoms with Gasteiger partial charge in [0.15, 0.2) is 0 Å². The summed E-state index contributed by atoms with van der Waals surface area (Å²) in [5.41, 5.74) is 1.06. The molecule has 0 aromatic carbocycles. The van der Waals surface area contributed by atoms with E-state index in [2.05, 4.69) is 22.3 Å². The van der Waals surface area contributed by atoms with Gasteiger partial charge in [-0.05, 0) is 44.9 Å². The molecule has 1 amide bonds. The van der Waals surface area contributed by atoms with Crippen molar-refractivity contribution in [1.82, 2.24) is 19.4 Å². The maximum absolute atomic E-state index is 13.0. The van der Waals surface area contributed by atoms with Crippen LogP contribution < -0.4 is 0 Å². The van der Waals surface area contributed by atoms with E-state index in [-0.39, 0.29) is 16.7 Å². The van der Waals surface area contributed by atoms with E-state index in [1.165, 1.54) is 4.31 Å². The molecule has 1 saturated heterocycles. The van der Waals surface area contributed by atoms with E-state index >= 15 is 0 Å². The third-order valence-corrected chi connectivity index (χ3v) is 8.18. The fourth-order valence-electron chi connectivity index (χ4n) is 4.70. The maximum Gasteiger partial charge on any atom is 0.246 e. The van der Waals surface area contributed by atoms with Crippen LogP contribution in [0.15, 0.2) is 17.0 Å². The van der Waals surface area contributed by atoms with Crippen LogP contribution in [0.2, 0.25) is 0 Å². The molecule has 2 fully saturated rings. The molecule has 3 aliphatic rings. The van der Waals surface area contributed by atoms with E-state index in [1.807, 2.05) is 4.90 Å². The monoisotopic (exact) mass is 378 g/mol. The van der Waals surface area contributed by atoms with Gasteiger partial charge in [0.2, 0.25) is 15.9 Å². The van der Waals surface area contributed by atoms with Crippen molar-refractivity contribution < 1.29 is 13.2 Å². The number of carbonyl (C=O) groups is 1. The standard InChI is InChI=1S/C18H26N4O3S/c1-12-17(13(2)20-19-12)26(24,25)22-7-3-6-21(8-9-22)18(23)16-11-14-4-5-15(16)10-14/h4-5,14-16H,3,6-11H2,1-2H3,(H,19,20). The van der Waals surface area contributed by atoms with Crippen LogP contribution in [-0.2, 0) is 14.8 Å². The van der Waals surface area contributed by atoms with Gasteiger partial charge in [0.05, 0.1) is 11.4 Å². The normalized spacial score (nSPS) is 29.3. The summed E-state index contributed by atoms with van der Waals surface area (Å²) in [6.45, 7) is 5.30. The summed E-state index contributed by atoms with van der Waals surface area (Å²) in [5.74, 6) is 1.24. The van der Waals surface area contributed by atoms with E-state index in [9.17, 15) is 13.2 Å². The Labute approximate surface area is 154 Å². The van der Waals surface area contributed by atoms with Gasteiger partial charge < -0.3 is 4.90 Å². The Balaban J connectivity index is 1.47. The molecule has 1 saturated carbocycles. The predicted molar refractivity (Wildman–Crippen MR) is 96.9 cm³/mol. The molecule has 7 nitrogen and oxygen atoms in total. The van der Waals surface area contributed by atoms with Crippen molar-refractivity contribution in [3.8, 4) is 0 Å². The molecule has 26 heavy (non-hydrogen) atoms. The molecule has 1 N–H and O–H groups in total. The lowest BCUT2D eigenvalue weighted by Crippen LogP contribution is -2.41. The quantitative estimate of drug-likeness (QED) is 0.807. The lowest BCUT2D eigenvalue weighted by atomic mass is 9.92. The number of rotatable bonds is 3. The van der Waals surface area contributed by atoms with Crippen LogP contribution in [0.4, 0.5) is 0 Å². The summed E-state index contributed by atoms with van der Waals surface area (Å²) in [4.78, 5) is 15.1. The number of hydrogen-bond acceptors (Lipinski definition) is 4. The minimum Gasteiger partial charge on any atom is -0.341 e. The number of H-pyrrole nitrogens is 1. The fraction of sp³-hybridized carbons (Fsp3) is 0.667. The van der Waals surface area contributed by atoms with Crippen molar-refractivity contribution >= 4 is 15.9 Å². The van der Waals surface area contributed by atoms with Gasteiger partial charge in [-0.1, -0.05) is 12.2 Å².